The van der Waals surface area contributed by atoms with Crippen LogP contribution in [0.1, 0.15) is 15.9 Å². The average Bonchev–Trinajstić information content (AvgIpc) is 2.84. The molecule has 34 heavy (non-hydrogen) atoms. The number of carbonyl (C=O) groups is 2. The summed E-state index contributed by atoms with van der Waals surface area (Å²) in [6, 6.07) is 16.3. The van der Waals surface area contributed by atoms with E-state index in [9.17, 15) is 19.7 Å². The standard InChI is InChI=1S/C24H23N3O6S/c1-15-12-18(27(30)31)7-10-20(15)26-23(28)14-34-19-8-5-17(6-9-19)25-24(29)16-4-11-21(32-2)22(13-16)33-3/h4-13H,14H2,1-3H3,(H,25,29)(H,26,28). The van der Waals surface area contributed by atoms with Crippen molar-refractivity contribution in [3.8, 4) is 11.5 Å². The van der Waals surface area contributed by atoms with E-state index in [1.807, 2.05) is 0 Å². The number of carbonyl (C=O) groups excluding carboxylic acids is 2. The Bertz CT molecular complexity index is 1210. The number of nitrogens with one attached hydrogen (secondary N) is 2. The molecular weight excluding hydrogens is 458 g/mol. The maximum atomic E-state index is 12.5. The second-order valence-corrected chi connectivity index (χ2v) is 8.19. The number of nitro benzene ring substituents is 1. The van der Waals surface area contributed by atoms with Crippen LogP contribution in [-0.2, 0) is 4.79 Å². The largest absolute Gasteiger partial charge is 0.493 e. The van der Waals surface area contributed by atoms with E-state index in [-0.39, 0.29) is 23.3 Å². The molecule has 0 atom stereocenters. The third-order valence-corrected chi connectivity index (χ3v) is 5.83. The van der Waals surface area contributed by atoms with Crippen LogP contribution in [0.5, 0.6) is 11.5 Å². The maximum Gasteiger partial charge on any atom is 0.269 e. The van der Waals surface area contributed by atoms with Crippen LogP contribution < -0.4 is 20.1 Å². The summed E-state index contributed by atoms with van der Waals surface area (Å²) >= 11 is 1.33. The molecule has 3 rings (SSSR count). The van der Waals surface area contributed by atoms with Gasteiger partial charge in [-0.25, -0.2) is 0 Å². The Morgan fingerprint density at radius 3 is 2.26 bits per heavy atom. The van der Waals surface area contributed by atoms with Gasteiger partial charge in [0.05, 0.1) is 24.9 Å². The summed E-state index contributed by atoms with van der Waals surface area (Å²) in [6.07, 6.45) is 0. The van der Waals surface area contributed by atoms with Gasteiger partial charge in [-0.1, -0.05) is 0 Å². The van der Waals surface area contributed by atoms with E-state index in [0.717, 1.165) is 4.90 Å². The molecule has 176 valence electrons. The molecule has 0 fully saturated rings. The van der Waals surface area contributed by atoms with Gasteiger partial charge in [0.2, 0.25) is 5.91 Å². The first-order valence-electron chi connectivity index (χ1n) is 10.1. The normalized spacial score (nSPS) is 10.3. The molecule has 2 amide bonds. The lowest BCUT2D eigenvalue weighted by Crippen LogP contribution is -2.15. The fourth-order valence-corrected chi connectivity index (χ4v) is 3.75. The fourth-order valence-electron chi connectivity index (χ4n) is 3.05. The number of nitrogens with zero attached hydrogens (tertiary/aromatic N) is 1. The molecule has 3 aromatic carbocycles. The number of ether oxygens (including phenoxy) is 2. The predicted octanol–water partition coefficient (Wildman–Crippen LogP) is 4.90. The van der Waals surface area contributed by atoms with Crippen LogP contribution >= 0.6 is 11.8 Å². The van der Waals surface area contributed by atoms with Crippen LogP contribution in [0.3, 0.4) is 0 Å². The van der Waals surface area contributed by atoms with E-state index in [0.29, 0.717) is 34.0 Å². The van der Waals surface area contributed by atoms with Crippen LogP contribution in [-0.4, -0.2) is 36.7 Å². The Morgan fingerprint density at radius 1 is 0.941 bits per heavy atom. The van der Waals surface area contributed by atoms with Gasteiger partial charge in [0.15, 0.2) is 11.5 Å². The maximum absolute atomic E-state index is 12.5. The van der Waals surface area contributed by atoms with Crippen LogP contribution in [0.4, 0.5) is 17.1 Å². The van der Waals surface area contributed by atoms with Gasteiger partial charge in [-0.3, -0.25) is 19.7 Å². The van der Waals surface area contributed by atoms with Crippen molar-refractivity contribution in [1.29, 1.82) is 0 Å². The molecule has 0 aromatic heterocycles. The number of aryl methyl sites for hydroxylation is 1. The number of hydrogen-bond donors (Lipinski definition) is 2. The second kappa shape index (κ2) is 11.2. The van der Waals surface area contributed by atoms with Crippen LogP contribution in [0, 0.1) is 17.0 Å². The first-order chi connectivity index (χ1) is 16.3. The van der Waals surface area contributed by atoms with Crippen molar-refractivity contribution in [2.45, 2.75) is 11.8 Å². The summed E-state index contributed by atoms with van der Waals surface area (Å²) in [5, 5.41) is 16.4. The number of non-ortho nitro benzene ring substituents is 1. The molecule has 0 saturated carbocycles. The van der Waals surface area contributed by atoms with Crippen molar-refractivity contribution in [2.75, 3.05) is 30.6 Å². The summed E-state index contributed by atoms with van der Waals surface area (Å²) in [5.74, 6) is 0.637. The lowest BCUT2D eigenvalue weighted by atomic mass is 10.2. The highest BCUT2D eigenvalue weighted by Crippen LogP contribution is 2.28. The molecular formula is C24H23N3O6S. The van der Waals surface area contributed by atoms with E-state index in [1.165, 1.54) is 44.2 Å². The SMILES string of the molecule is COc1ccc(C(=O)Nc2ccc(SCC(=O)Nc3ccc([N+](=O)[O-])cc3C)cc2)cc1OC. The lowest BCUT2D eigenvalue weighted by molar-refractivity contribution is -0.384. The molecule has 0 heterocycles. The van der Waals surface area contributed by atoms with E-state index in [2.05, 4.69) is 10.6 Å². The zero-order valence-electron chi connectivity index (χ0n) is 18.8. The molecule has 0 unspecified atom stereocenters. The van der Waals surface area contributed by atoms with Crippen LogP contribution in [0.2, 0.25) is 0 Å². The molecule has 10 heteroatoms. The van der Waals surface area contributed by atoms with Crippen molar-refractivity contribution < 1.29 is 24.0 Å². The third kappa shape index (κ3) is 6.26. The molecule has 0 spiro atoms. The number of methoxy groups -OCH3 is 2. The second-order valence-electron chi connectivity index (χ2n) is 7.14. The number of rotatable bonds is 9. The highest BCUT2D eigenvalue weighted by Gasteiger charge is 2.12. The van der Waals surface area contributed by atoms with Gasteiger partial charge in [-0.15, -0.1) is 11.8 Å². The number of benzene rings is 3. The number of amides is 2. The zero-order chi connectivity index (χ0) is 24.7. The van der Waals surface area contributed by atoms with E-state index in [1.54, 1.807) is 49.4 Å². The minimum Gasteiger partial charge on any atom is -0.493 e. The minimum absolute atomic E-state index is 0.0248. The lowest BCUT2D eigenvalue weighted by Gasteiger charge is -2.10. The molecule has 0 bridgehead atoms. The molecule has 0 aliphatic rings. The Balaban J connectivity index is 1.54. The van der Waals surface area contributed by atoms with Gasteiger partial charge in [0.25, 0.3) is 11.6 Å². The minimum atomic E-state index is -0.478. The quantitative estimate of drug-likeness (QED) is 0.253. The highest BCUT2D eigenvalue weighted by molar-refractivity contribution is 8.00. The summed E-state index contributed by atoms with van der Waals surface area (Å²) in [5.41, 5.74) is 2.15. The Kier molecular flexibility index (Phi) is 8.10. The summed E-state index contributed by atoms with van der Waals surface area (Å²) in [6.45, 7) is 1.70. The van der Waals surface area contributed by atoms with Crippen LogP contribution in [0.25, 0.3) is 0 Å². The number of hydrogen-bond acceptors (Lipinski definition) is 7. The molecule has 9 nitrogen and oxygen atoms in total. The summed E-state index contributed by atoms with van der Waals surface area (Å²) in [4.78, 5) is 36.0. The average molecular weight is 482 g/mol. The summed E-state index contributed by atoms with van der Waals surface area (Å²) in [7, 11) is 3.03. The van der Waals surface area contributed by atoms with Crippen molar-refractivity contribution in [3.05, 3.63) is 81.9 Å². The van der Waals surface area contributed by atoms with Crippen molar-refractivity contribution in [1.82, 2.24) is 0 Å². The van der Waals surface area contributed by atoms with Crippen molar-refractivity contribution in [3.63, 3.8) is 0 Å². The van der Waals surface area contributed by atoms with E-state index < -0.39 is 4.92 Å². The predicted molar refractivity (Wildman–Crippen MR) is 131 cm³/mol. The van der Waals surface area contributed by atoms with Gasteiger partial charge in [0, 0.05) is 34.0 Å². The Hall–Kier alpha value is -4.05. The van der Waals surface area contributed by atoms with E-state index >= 15 is 0 Å². The van der Waals surface area contributed by atoms with Gasteiger partial charge in [0.1, 0.15) is 0 Å². The number of anilines is 2. The Morgan fingerprint density at radius 2 is 1.65 bits per heavy atom. The Labute approximate surface area is 200 Å². The monoisotopic (exact) mass is 481 g/mol. The third-order valence-electron chi connectivity index (χ3n) is 4.82. The molecule has 2 N–H and O–H groups in total. The molecule has 3 aromatic rings. The molecule has 0 aliphatic carbocycles. The van der Waals surface area contributed by atoms with Gasteiger partial charge in [-0.2, -0.15) is 0 Å². The fraction of sp³-hybridized carbons (Fsp3) is 0.167. The van der Waals surface area contributed by atoms with Gasteiger partial charge >= 0.3 is 0 Å². The smallest absolute Gasteiger partial charge is 0.269 e. The highest BCUT2D eigenvalue weighted by atomic mass is 32.2. The number of thioether (sulfide) groups is 1. The van der Waals surface area contributed by atoms with Gasteiger partial charge < -0.3 is 20.1 Å². The van der Waals surface area contributed by atoms with Crippen LogP contribution in [0.15, 0.2) is 65.6 Å². The zero-order valence-corrected chi connectivity index (χ0v) is 19.6. The summed E-state index contributed by atoms with van der Waals surface area (Å²) < 4.78 is 10.4. The molecule has 0 saturated heterocycles. The topological polar surface area (TPSA) is 120 Å². The first kappa shape index (κ1) is 24.6. The number of nitro groups is 1. The van der Waals surface area contributed by atoms with Gasteiger partial charge in [-0.05, 0) is 61.0 Å². The van der Waals surface area contributed by atoms with Crippen molar-refractivity contribution in [2.24, 2.45) is 0 Å². The first-order valence-corrected chi connectivity index (χ1v) is 11.1. The van der Waals surface area contributed by atoms with E-state index in [4.69, 9.17) is 9.47 Å². The molecule has 0 radical (unpaired) electrons. The van der Waals surface area contributed by atoms with Crippen molar-refractivity contribution >= 4 is 40.6 Å². The molecule has 0 aliphatic heterocycles.